The van der Waals surface area contributed by atoms with Crippen molar-refractivity contribution in [1.29, 1.82) is 0 Å². The van der Waals surface area contributed by atoms with Gasteiger partial charge < -0.3 is 25.2 Å². The van der Waals surface area contributed by atoms with Crippen molar-refractivity contribution < 1.29 is 30.0 Å². The van der Waals surface area contributed by atoms with Crippen LogP contribution in [0.25, 0.3) is 0 Å². The van der Waals surface area contributed by atoms with E-state index in [1.165, 1.54) is 6.92 Å². The molecule has 0 amide bonds. The lowest BCUT2D eigenvalue weighted by atomic mass is 9.78. The lowest BCUT2D eigenvalue weighted by molar-refractivity contribution is -0.144. The molecule has 0 saturated carbocycles. The van der Waals surface area contributed by atoms with Crippen molar-refractivity contribution in [3.8, 4) is 0 Å². The molecule has 0 saturated heterocycles. The fraction of sp³-hybridized carbons (Fsp3) is 0.800. The first-order valence-corrected chi connectivity index (χ1v) is 4.94. The predicted octanol–water partition coefficient (Wildman–Crippen LogP) is -1.89. The Hall–Kier alpha value is -0.820. The molecule has 4 N–H and O–H groups in total. The molecular formula is C10H18O6. The number of aliphatic hydroxyl groups excluding tert-OH is 4. The van der Waals surface area contributed by atoms with E-state index < -0.39 is 43.5 Å². The maximum atomic E-state index is 11.8. The van der Waals surface area contributed by atoms with Gasteiger partial charge in [-0.2, -0.15) is 0 Å². The zero-order valence-electron chi connectivity index (χ0n) is 9.22. The Balaban J connectivity index is 4.88. The molecule has 0 aliphatic rings. The van der Waals surface area contributed by atoms with Crippen LogP contribution in [0.5, 0.6) is 0 Å². The van der Waals surface area contributed by atoms with E-state index >= 15 is 0 Å². The minimum atomic E-state index is -1.69. The van der Waals surface area contributed by atoms with E-state index in [9.17, 15) is 9.59 Å². The third kappa shape index (κ3) is 3.34. The lowest BCUT2D eigenvalue weighted by Gasteiger charge is -2.29. The van der Waals surface area contributed by atoms with E-state index in [0.717, 1.165) is 0 Å². The van der Waals surface area contributed by atoms with Crippen molar-refractivity contribution in [2.24, 2.45) is 11.3 Å². The van der Waals surface area contributed by atoms with Gasteiger partial charge in [-0.15, -0.1) is 0 Å². The Morgan fingerprint density at radius 3 is 1.75 bits per heavy atom. The van der Waals surface area contributed by atoms with Crippen molar-refractivity contribution in [3.63, 3.8) is 0 Å². The molecule has 0 radical (unpaired) electrons. The van der Waals surface area contributed by atoms with Gasteiger partial charge in [-0.05, 0) is 6.92 Å². The van der Waals surface area contributed by atoms with Crippen molar-refractivity contribution >= 4 is 11.6 Å². The SMILES string of the molecule is CC(=O)CC(CO)C(=O)C(CO)(CO)CO. The Kier molecular flexibility index (Phi) is 6.35. The average molecular weight is 234 g/mol. The molecule has 6 heteroatoms. The summed E-state index contributed by atoms with van der Waals surface area (Å²) in [5, 5.41) is 36.0. The molecule has 0 aliphatic heterocycles. The molecular weight excluding hydrogens is 216 g/mol. The summed E-state index contributed by atoms with van der Waals surface area (Å²) in [6.45, 7) is -1.47. The summed E-state index contributed by atoms with van der Waals surface area (Å²) in [4.78, 5) is 22.7. The van der Waals surface area contributed by atoms with Crippen molar-refractivity contribution in [2.75, 3.05) is 26.4 Å². The molecule has 0 aromatic rings. The maximum absolute atomic E-state index is 11.8. The quantitative estimate of drug-likeness (QED) is 0.390. The number of hydrogen-bond donors (Lipinski definition) is 4. The second kappa shape index (κ2) is 6.70. The van der Waals surface area contributed by atoms with E-state index in [-0.39, 0.29) is 12.2 Å². The topological polar surface area (TPSA) is 115 Å². The van der Waals surface area contributed by atoms with E-state index in [2.05, 4.69) is 0 Å². The minimum absolute atomic E-state index is 0.170. The first kappa shape index (κ1) is 15.2. The normalized spacial score (nSPS) is 13.6. The number of hydrogen-bond acceptors (Lipinski definition) is 6. The molecule has 16 heavy (non-hydrogen) atoms. The maximum Gasteiger partial charge on any atom is 0.151 e. The molecule has 0 spiro atoms. The zero-order chi connectivity index (χ0) is 12.8. The summed E-state index contributed by atoms with van der Waals surface area (Å²) < 4.78 is 0. The van der Waals surface area contributed by atoms with Crippen LogP contribution in [0, 0.1) is 11.3 Å². The van der Waals surface area contributed by atoms with Gasteiger partial charge in [0.2, 0.25) is 0 Å². The second-order valence-corrected chi connectivity index (χ2v) is 3.90. The first-order chi connectivity index (χ1) is 7.47. The van der Waals surface area contributed by atoms with Gasteiger partial charge in [0.05, 0.1) is 31.8 Å². The summed E-state index contributed by atoms with van der Waals surface area (Å²) in [6.07, 6.45) is -0.170. The molecule has 0 aliphatic carbocycles. The zero-order valence-corrected chi connectivity index (χ0v) is 9.22. The van der Waals surface area contributed by atoms with Crippen molar-refractivity contribution in [3.05, 3.63) is 0 Å². The van der Waals surface area contributed by atoms with E-state index in [0.29, 0.717) is 0 Å². The highest BCUT2D eigenvalue weighted by molar-refractivity contribution is 5.91. The highest BCUT2D eigenvalue weighted by Crippen LogP contribution is 2.23. The molecule has 0 fully saturated rings. The van der Waals surface area contributed by atoms with Crippen LogP contribution < -0.4 is 0 Å². The Labute approximate surface area is 93.5 Å². The Morgan fingerprint density at radius 2 is 1.50 bits per heavy atom. The number of carbonyl (C=O) groups is 2. The monoisotopic (exact) mass is 234 g/mol. The molecule has 0 aromatic heterocycles. The van der Waals surface area contributed by atoms with Crippen LogP contribution >= 0.6 is 0 Å². The van der Waals surface area contributed by atoms with Crippen LogP contribution in [0.1, 0.15) is 13.3 Å². The fourth-order valence-corrected chi connectivity index (χ4v) is 1.40. The number of aliphatic hydroxyl groups is 4. The van der Waals surface area contributed by atoms with Gasteiger partial charge in [-0.25, -0.2) is 0 Å². The van der Waals surface area contributed by atoms with Crippen LogP contribution in [-0.2, 0) is 9.59 Å². The summed E-state index contributed by atoms with van der Waals surface area (Å²) >= 11 is 0. The summed E-state index contributed by atoms with van der Waals surface area (Å²) in [6, 6.07) is 0. The van der Waals surface area contributed by atoms with Crippen LogP contribution in [0.4, 0.5) is 0 Å². The molecule has 1 unspecified atom stereocenters. The van der Waals surface area contributed by atoms with Gasteiger partial charge in [0, 0.05) is 12.3 Å². The van der Waals surface area contributed by atoms with Crippen molar-refractivity contribution in [1.82, 2.24) is 0 Å². The van der Waals surface area contributed by atoms with Crippen LogP contribution in [0.3, 0.4) is 0 Å². The van der Waals surface area contributed by atoms with Crippen molar-refractivity contribution in [2.45, 2.75) is 13.3 Å². The number of rotatable bonds is 8. The van der Waals surface area contributed by atoms with Gasteiger partial charge in [0.1, 0.15) is 5.78 Å². The second-order valence-electron chi connectivity index (χ2n) is 3.90. The Morgan fingerprint density at radius 1 is 1.06 bits per heavy atom. The van der Waals surface area contributed by atoms with Crippen LogP contribution in [0.15, 0.2) is 0 Å². The first-order valence-electron chi connectivity index (χ1n) is 4.94. The average Bonchev–Trinajstić information content (AvgIpc) is 2.28. The summed E-state index contributed by atoms with van der Waals surface area (Å²) in [5.74, 6) is -1.98. The number of ketones is 2. The molecule has 0 heterocycles. The number of Topliss-reactive ketones (excluding diaryl/α,β-unsaturated/α-hetero) is 2. The van der Waals surface area contributed by atoms with E-state index in [4.69, 9.17) is 20.4 Å². The highest BCUT2D eigenvalue weighted by atomic mass is 16.3. The largest absolute Gasteiger partial charge is 0.396 e. The highest BCUT2D eigenvalue weighted by Gasteiger charge is 2.40. The van der Waals surface area contributed by atoms with Gasteiger partial charge >= 0.3 is 0 Å². The lowest BCUT2D eigenvalue weighted by Crippen LogP contribution is -2.46. The predicted molar refractivity (Wildman–Crippen MR) is 54.6 cm³/mol. The van der Waals surface area contributed by atoms with Gasteiger partial charge in [0.15, 0.2) is 5.78 Å². The molecule has 0 bridgehead atoms. The molecule has 0 aromatic carbocycles. The van der Waals surface area contributed by atoms with Gasteiger partial charge in [-0.3, -0.25) is 4.79 Å². The summed E-state index contributed by atoms with van der Waals surface area (Å²) in [5.41, 5.74) is -1.69. The molecule has 0 rings (SSSR count). The van der Waals surface area contributed by atoms with Crippen LogP contribution in [0.2, 0.25) is 0 Å². The molecule has 6 nitrogen and oxygen atoms in total. The standard InChI is InChI=1S/C10H18O6/c1-7(15)2-8(3-11)9(16)10(4-12,5-13)6-14/h8,11-14H,2-6H2,1H3. The van der Waals surface area contributed by atoms with E-state index in [1.54, 1.807) is 0 Å². The van der Waals surface area contributed by atoms with Gasteiger partial charge in [0.25, 0.3) is 0 Å². The molecule has 94 valence electrons. The molecule has 1 atom stereocenters. The fourth-order valence-electron chi connectivity index (χ4n) is 1.40. The smallest absolute Gasteiger partial charge is 0.151 e. The third-order valence-electron chi connectivity index (χ3n) is 2.56. The number of carbonyl (C=O) groups excluding carboxylic acids is 2. The minimum Gasteiger partial charge on any atom is -0.396 e. The van der Waals surface area contributed by atoms with Crippen LogP contribution in [-0.4, -0.2) is 58.4 Å². The van der Waals surface area contributed by atoms with Gasteiger partial charge in [-0.1, -0.05) is 0 Å². The third-order valence-corrected chi connectivity index (χ3v) is 2.56. The summed E-state index contributed by atoms with van der Waals surface area (Å²) in [7, 11) is 0. The van der Waals surface area contributed by atoms with E-state index in [1.807, 2.05) is 0 Å². The Bertz CT molecular complexity index is 237.